The highest BCUT2D eigenvalue weighted by molar-refractivity contribution is 7.11. The number of likely N-dealkylation sites (tertiary alicyclic amines) is 1. The second kappa shape index (κ2) is 7.13. The molecule has 1 aromatic carbocycles. The number of nitrogens with one attached hydrogen (secondary N) is 1. The molecule has 0 unspecified atom stereocenters. The maximum absolute atomic E-state index is 12.3. The highest BCUT2D eigenvalue weighted by atomic mass is 32.1. The lowest BCUT2D eigenvalue weighted by Gasteiger charge is -2.17. The summed E-state index contributed by atoms with van der Waals surface area (Å²) in [6.07, 6.45) is 1.91. The quantitative estimate of drug-likeness (QED) is 0.933. The normalized spacial score (nSPS) is 17.5. The number of carbonyl (C=O) groups excluding carboxylic acids is 1. The van der Waals surface area contributed by atoms with Gasteiger partial charge in [0.15, 0.2) is 0 Å². The first kappa shape index (κ1) is 16.0. The number of aromatic nitrogens is 1. The molecular weight excluding hydrogens is 306 g/mol. The molecule has 2 heterocycles. The fraction of sp³-hybridized carbons (Fsp3) is 0.444. The van der Waals surface area contributed by atoms with E-state index in [0.29, 0.717) is 12.5 Å². The zero-order valence-corrected chi connectivity index (χ0v) is 14.5. The lowest BCUT2D eigenvalue weighted by Crippen LogP contribution is -2.39. The first-order chi connectivity index (χ1) is 11.1. The van der Waals surface area contributed by atoms with Crippen molar-refractivity contribution in [2.24, 2.45) is 0 Å². The van der Waals surface area contributed by atoms with E-state index in [-0.39, 0.29) is 6.03 Å². The maximum atomic E-state index is 12.3. The summed E-state index contributed by atoms with van der Waals surface area (Å²) >= 11 is 1.72. The SMILES string of the molecule is Cc1nc(C)c(CCNC(=O)N2CC[C@@H](c3ccccc3)C2)s1. The number of hydrogen-bond donors (Lipinski definition) is 1. The maximum Gasteiger partial charge on any atom is 0.317 e. The number of carbonyl (C=O) groups is 1. The monoisotopic (exact) mass is 329 g/mol. The van der Waals surface area contributed by atoms with Crippen LogP contribution in [0, 0.1) is 13.8 Å². The number of amides is 2. The van der Waals surface area contributed by atoms with Crippen molar-refractivity contribution < 1.29 is 4.79 Å². The van der Waals surface area contributed by atoms with Crippen LogP contribution in [-0.4, -0.2) is 35.5 Å². The molecule has 1 saturated heterocycles. The van der Waals surface area contributed by atoms with Gasteiger partial charge in [0, 0.05) is 36.9 Å². The van der Waals surface area contributed by atoms with Gasteiger partial charge in [-0.15, -0.1) is 11.3 Å². The molecule has 0 radical (unpaired) electrons. The molecule has 2 aromatic rings. The summed E-state index contributed by atoms with van der Waals surface area (Å²) < 4.78 is 0. The first-order valence-corrected chi connectivity index (χ1v) is 8.96. The Morgan fingerprint density at radius 3 is 2.83 bits per heavy atom. The summed E-state index contributed by atoms with van der Waals surface area (Å²) in [5, 5.41) is 4.14. The molecule has 0 aliphatic carbocycles. The van der Waals surface area contributed by atoms with Gasteiger partial charge in [0.05, 0.1) is 10.7 Å². The van der Waals surface area contributed by atoms with Crippen molar-refractivity contribution in [3.8, 4) is 0 Å². The summed E-state index contributed by atoms with van der Waals surface area (Å²) in [5.74, 6) is 0.466. The number of rotatable bonds is 4. The second-order valence-corrected chi connectivity index (χ2v) is 7.35. The van der Waals surface area contributed by atoms with Crippen molar-refractivity contribution in [3.05, 3.63) is 51.5 Å². The van der Waals surface area contributed by atoms with Crippen LogP contribution in [0.1, 0.15) is 33.5 Å². The lowest BCUT2D eigenvalue weighted by molar-refractivity contribution is 0.208. The zero-order chi connectivity index (χ0) is 16.2. The predicted octanol–water partition coefficient (Wildman–Crippen LogP) is 3.50. The molecule has 122 valence electrons. The summed E-state index contributed by atoms with van der Waals surface area (Å²) in [6.45, 7) is 6.38. The summed E-state index contributed by atoms with van der Waals surface area (Å²) in [6, 6.07) is 10.5. The summed E-state index contributed by atoms with van der Waals surface area (Å²) in [7, 11) is 0. The number of benzene rings is 1. The molecule has 1 N–H and O–H groups in total. The van der Waals surface area contributed by atoms with Crippen LogP contribution in [0.4, 0.5) is 4.79 Å². The van der Waals surface area contributed by atoms with Gasteiger partial charge in [0.1, 0.15) is 0 Å². The van der Waals surface area contributed by atoms with Gasteiger partial charge < -0.3 is 10.2 Å². The third-order valence-electron chi connectivity index (χ3n) is 4.37. The summed E-state index contributed by atoms with van der Waals surface area (Å²) in [5.41, 5.74) is 2.42. The van der Waals surface area contributed by atoms with Gasteiger partial charge in [0.25, 0.3) is 0 Å². The topological polar surface area (TPSA) is 45.2 Å². The van der Waals surface area contributed by atoms with Crippen LogP contribution in [0.25, 0.3) is 0 Å². The molecule has 4 nitrogen and oxygen atoms in total. The van der Waals surface area contributed by atoms with Gasteiger partial charge in [-0.05, 0) is 25.8 Å². The van der Waals surface area contributed by atoms with E-state index in [2.05, 4.69) is 34.6 Å². The van der Waals surface area contributed by atoms with Gasteiger partial charge >= 0.3 is 6.03 Å². The van der Waals surface area contributed by atoms with Crippen LogP contribution in [0.2, 0.25) is 0 Å². The number of hydrogen-bond acceptors (Lipinski definition) is 3. The van der Waals surface area contributed by atoms with E-state index in [9.17, 15) is 4.79 Å². The molecule has 0 spiro atoms. The average Bonchev–Trinajstić information content (AvgIpc) is 3.15. The van der Waals surface area contributed by atoms with Crippen LogP contribution < -0.4 is 5.32 Å². The lowest BCUT2D eigenvalue weighted by atomic mass is 9.99. The average molecular weight is 329 g/mol. The molecule has 1 fully saturated rings. The molecule has 0 bridgehead atoms. The van der Waals surface area contributed by atoms with Crippen molar-refractivity contribution in [1.82, 2.24) is 15.2 Å². The van der Waals surface area contributed by atoms with Gasteiger partial charge in [-0.1, -0.05) is 30.3 Å². The Morgan fingerprint density at radius 1 is 1.35 bits per heavy atom. The third-order valence-corrected chi connectivity index (χ3v) is 5.51. The van der Waals surface area contributed by atoms with E-state index in [4.69, 9.17) is 0 Å². The van der Waals surface area contributed by atoms with E-state index in [0.717, 1.165) is 36.6 Å². The van der Waals surface area contributed by atoms with Crippen molar-refractivity contribution in [1.29, 1.82) is 0 Å². The Labute approximate surface area is 141 Å². The molecule has 1 aromatic heterocycles. The van der Waals surface area contributed by atoms with Crippen LogP contribution in [-0.2, 0) is 6.42 Å². The fourth-order valence-electron chi connectivity index (χ4n) is 3.14. The number of nitrogens with zero attached hydrogens (tertiary/aromatic N) is 2. The van der Waals surface area contributed by atoms with Crippen molar-refractivity contribution in [2.45, 2.75) is 32.6 Å². The molecule has 1 aliphatic rings. The Kier molecular flexibility index (Phi) is 4.96. The third kappa shape index (κ3) is 3.91. The van der Waals surface area contributed by atoms with Gasteiger partial charge in [-0.2, -0.15) is 0 Å². The van der Waals surface area contributed by atoms with Crippen molar-refractivity contribution in [3.63, 3.8) is 0 Å². The molecule has 23 heavy (non-hydrogen) atoms. The minimum Gasteiger partial charge on any atom is -0.338 e. The van der Waals surface area contributed by atoms with Gasteiger partial charge in [-0.3, -0.25) is 0 Å². The molecular formula is C18H23N3OS. The van der Waals surface area contributed by atoms with Gasteiger partial charge in [-0.25, -0.2) is 9.78 Å². The van der Waals surface area contributed by atoms with E-state index in [1.165, 1.54) is 10.4 Å². The Hall–Kier alpha value is -1.88. The smallest absolute Gasteiger partial charge is 0.317 e. The van der Waals surface area contributed by atoms with E-state index in [1.807, 2.05) is 24.8 Å². The second-order valence-electron chi connectivity index (χ2n) is 6.07. The van der Waals surface area contributed by atoms with E-state index in [1.54, 1.807) is 11.3 Å². The molecule has 5 heteroatoms. The highest BCUT2D eigenvalue weighted by Gasteiger charge is 2.26. The number of thiazole rings is 1. The standard InChI is InChI=1S/C18H23N3OS/c1-13-17(23-14(2)20-13)8-10-19-18(22)21-11-9-16(12-21)15-6-4-3-5-7-15/h3-7,16H,8-12H2,1-2H3,(H,19,22)/t16-/m1/s1. The summed E-state index contributed by atoms with van der Waals surface area (Å²) in [4.78, 5) is 19.9. The number of aryl methyl sites for hydroxylation is 2. The Bertz CT molecular complexity index is 668. The van der Waals surface area contributed by atoms with Crippen molar-refractivity contribution >= 4 is 17.4 Å². The molecule has 1 aliphatic heterocycles. The van der Waals surface area contributed by atoms with Crippen molar-refractivity contribution in [2.75, 3.05) is 19.6 Å². The van der Waals surface area contributed by atoms with Crippen LogP contribution in [0.5, 0.6) is 0 Å². The van der Waals surface area contributed by atoms with Gasteiger partial charge in [0.2, 0.25) is 0 Å². The highest BCUT2D eigenvalue weighted by Crippen LogP contribution is 2.26. The van der Waals surface area contributed by atoms with E-state index < -0.39 is 0 Å². The Balaban J connectivity index is 1.47. The van der Waals surface area contributed by atoms with Crippen LogP contribution in [0.15, 0.2) is 30.3 Å². The molecule has 2 amide bonds. The predicted molar refractivity (Wildman–Crippen MR) is 94.1 cm³/mol. The minimum atomic E-state index is 0.0577. The van der Waals surface area contributed by atoms with Crippen LogP contribution >= 0.6 is 11.3 Å². The molecule has 3 rings (SSSR count). The Morgan fingerprint density at radius 2 is 2.13 bits per heavy atom. The number of urea groups is 1. The largest absolute Gasteiger partial charge is 0.338 e. The molecule has 0 saturated carbocycles. The minimum absolute atomic E-state index is 0.0577. The fourth-order valence-corrected chi connectivity index (χ4v) is 4.08. The van der Waals surface area contributed by atoms with Crippen LogP contribution in [0.3, 0.4) is 0 Å². The first-order valence-electron chi connectivity index (χ1n) is 8.14. The van der Waals surface area contributed by atoms with E-state index >= 15 is 0 Å². The zero-order valence-electron chi connectivity index (χ0n) is 13.7. The molecule has 1 atom stereocenters.